The summed E-state index contributed by atoms with van der Waals surface area (Å²) in [6.07, 6.45) is 0.557. The van der Waals surface area contributed by atoms with Gasteiger partial charge in [-0.2, -0.15) is 5.10 Å². The lowest BCUT2D eigenvalue weighted by atomic mass is 10.1. The third kappa shape index (κ3) is 3.88. The van der Waals surface area contributed by atoms with E-state index < -0.39 is 0 Å². The van der Waals surface area contributed by atoms with Crippen molar-refractivity contribution < 1.29 is 9.59 Å². The number of anilines is 2. The Kier molecular flexibility index (Phi) is 4.86. The number of rotatable bonds is 3. The van der Waals surface area contributed by atoms with Crippen LogP contribution in [0.5, 0.6) is 0 Å². The van der Waals surface area contributed by atoms with Crippen LogP contribution in [0.4, 0.5) is 11.4 Å². The monoisotopic (exact) mass is 355 g/mol. The van der Waals surface area contributed by atoms with Crippen LogP contribution in [-0.4, -0.2) is 17.5 Å². The van der Waals surface area contributed by atoms with Gasteiger partial charge in [0.05, 0.1) is 5.69 Å². The molecular formula is C19H18ClN3O2. The first-order valence-corrected chi connectivity index (χ1v) is 8.36. The molecule has 6 heteroatoms. The molecule has 1 N–H and O–H groups in total. The fraction of sp³-hybridized carbons (Fsp3) is 0.211. The SMILES string of the molecule is Cc1ccc(C)c(NC(=O)C2=NN(c3ccc(Cl)cc3)C(=O)CC2)c1. The summed E-state index contributed by atoms with van der Waals surface area (Å²) in [7, 11) is 0. The van der Waals surface area contributed by atoms with Crippen LogP contribution in [0.15, 0.2) is 47.6 Å². The van der Waals surface area contributed by atoms with E-state index in [1.807, 2.05) is 32.0 Å². The van der Waals surface area contributed by atoms with Gasteiger partial charge in [0.25, 0.3) is 5.91 Å². The zero-order chi connectivity index (χ0) is 18.0. The largest absolute Gasteiger partial charge is 0.321 e. The molecular weight excluding hydrogens is 338 g/mol. The van der Waals surface area contributed by atoms with E-state index in [2.05, 4.69) is 10.4 Å². The summed E-state index contributed by atoms with van der Waals surface area (Å²) in [5.41, 5.74) is 3.70. The van der Waals surface area contributed by atoms with Crippen molar-refractivity contribution in [1.82, 2.24) is 0 Å². The Bertz CT molecular complexity index is 859. The van der Waals surface area contributed by atoms with Crippen LogP contribution < -0.4 is 10.3 Å². The standard InChI is InChI=1S/C19H18ClN3O2/c1-12-3-4-13(2)17(11-12)21-19(25)16-9-10-18(24)23(22-16)15-7-5-14(20)6-8-15/h3-8,11H,9-10H2,1-2H3,(H,21,25). The van der Waals surface area contributed by atoms with Gasteiger partial charge in [-0.05, 0) is 55.3 Å². The zero-order valence-corrected chi connectivity index (χ0v) is 14.8. The maximum atomic E-state index is 12.6. The summed E-state index contributed by atoms with van der Waals surface area (Å²) in [6.45, 7) is 3.90. The summed E-state index contributed by atoms with van der Waals surface area (Å²) < 4.78 is 0. The van der Waals surface area contributed by atoms with Crippen LogP contribution in [0.3, 0.4) is 0 Å². The third-order valence-corrected chi connectivity index (χ3v) is 4.26. The Morgan fingerprint density at radius 3 is 2.56 bits per heavy atom. The van der Waals surface area contributed by atoms with Gasteiger partial charge < -0.3 is 5.32 Å². The minimum atomic E-state index is -0.292. The van der Waals surface area contributed by atoms with Crippen molar-refractivity contribution in [2.24, 2.45) is 5.10 Å². The lowest BCUT2D eigenvalue weighted by Crippen LogP contribution is -2.36. The molecule has 0 saturated carbocycles. The van der Waals surface area contributed by atoms with Gasteiger partial charge in [0.1, 0.15) is 5.71 Å². The van der Waals surface area contributed by atoms with Gasteiger partial charge in [0.2, 0.25) is 5.91 Å². The van der Waals surface area contributed by atoms with Crippen molar-refractivity contribution >= 4 is 40.5 Å². The van der Waals surface area contributed by atoms with Crippen molar-refractivity contribution in [3.8, 4) is 0 Å². The Labute approximate surface area is 151 Å². The summed E-state index contributed by atoms with van der Waals surface area (Å²) in [5, 5.41) is 8.98. The van der Waals surface area contributed by atoms with E-state index in [1.54, 1.807) is 24.3 Å². The van der Waals surface area contributed by atoms with E-state index in [-0.39, 0.29) is 18.2 Å². The quantitative estimate of drug-likeness (QED) is 0.901. The first kappa shape index (κ1) is 17.2. The van der Waals surface area contributed by atoms with E-state index in [1.165, 1.54) is 5.01 Å². The molecule has 3 rings (SSSR count). The highest BCUT2D eigenvalue weighted by Gasteiger charge is 2.25. The molecule has 2 aromatic rings. The molecule has 0 unspecified atom stereocenters. The molecule has 0 radical (unpaired) electrons. The van der Waals surface area contributed by atoms with E-state index in [0.29, 0.717) is 22.8 Å². The molecule has 5 nitrogen and oxygen atoms in total. The summed E-state index contributed by atoms with van der Waals surface area (Å²) in [6, 6.07) is 12.6. The predicted octanol–water partition coefficient (Wildman–Crippen LogP) is 4.08. The molecule has 0 aromatic heterocycles. The molecule has 25 heavy (non-hydrogen) atoms. The number of hydrogen-bond donors (Lipinski definition) is 1. The second kappa shape index (κ2) is 7.07. The first-order chi connectivity index (χ1) is 11.9. The van der Waals surface area contributed by atoms with Crippen molar-refractivity contribution in [3.05, 3.63) is 58.6 Å². The molecule has 0 saturated heterocycles. The number of carbonyl (C=O) groups is 2. The van der Waals surface area contributed by atoms with Crippen LogP contribution in [0.1, 0.15) is 24.0 Å². The third-order valence-electron chi connectivity index (χ3n) is 4.01. The highest BCUT2D eigenvalue weighted by molar-refractivity contribution is 6.44. The lowest BCUT2D eigenvalue weighted by Gasteiger charge is -2.23. The summed E-state index contributed by atoms with van der Waals surface area (Å²) in [4.78, 5) is 24.7. The number of carbonyl (C=O) groups excluding carboxylic acids is 2. The van der Waals surface area contributed by atoms with Crippen molar-refractivity contribution in [2.45, 2.75) is 26.7 Å². The van der Waals surface area contributed by atoms with Gasteiger partial charge >= 0.3 is 0 Å². The highest BCUT2D eigenvalue weighted by atomic mass is 35.5. The van der Waals surface area contributed by atoms with Gasteiger partial charge in [-0.3, -0.25) is 9.59 Å². The van der Waals surface area contributed by atoms with Crippen molar-refractivity contribution in [2.75, 3.05) is 10.3 Å². The second-order valence-corrected chi connectivity index (χ2v) is 6.44. The molecule has 0 atom stereocenters. The molecule has 1 aliphatic heterocycles. The average Bonchev–Trinajstić information content (AvgIpc) is 2.59. The van der Waals surface area contributed by atoms with E-state index in [0.717, 1.165) is 16.8 Å². The summed E-state index contributed by atoms with van der Waals surface area (Å²) >= 11 is 5.88. The van der Waals surface area contributed by atoms with E-state index in [4.69, 9.17) is 11.6 Å². The molecule has 0 spiro atoms. The smallest absolute Gasteiger partial charge is 0.271 e. The minimum absolute atomic E-state index is 0.148. The van der Waals surface area contributed by atoms with E-state index >= 15 is 0 Å². The van der Waals surface area contributed by atoms with Gasteiger partial charge in [-0.1, -0.05) is 23.7 Å². The average molecular weight is 356 g/mol. The number of nitrogens with one attached hydrogen (secondary N) is 1. The van der Waals surface area contributed by atoms with Crippen molar-refractivity contribution in [1.29, 1.82) is 0 Å². The van der Waals surface area contributed by atoms with Gasteiger partial charge in [0, 0.05) is 23.6 Å². The maximum Gasteiger partial charge on any atom is 0.271 e. The fourth-order valence-electron chi connectivity index (χ4n) is 2.57. The number of halogens is 1. The van der Waals surface area contributed by atoms with Gasteiger partial charge in [-0.15, -0.1) is 0 Å². The number of amides is 2. The van der Waals surface area contributed by atoms with Crippen LogP contribution in [-0.2, 0) is 9.59 Å². The number of hydrogen-bond acceptors (Lipinski definition) is 3. The minimum Gasteiger partial charge on any atom is -0.321 e. The molecule has 0 fully saturated rings. The number of aryl methyl sites for hydroxylation is 2. The highest BCUT2D eigenvalue weighted by Crippen LogP contribution is 2.23. The van der Waals surface area contributed by atoms with Crippen LogP contribution >= 0.6 is 11.6 Å². The second-order valence-electron chi connectivity index (χ2n) is 6.00. The molecule has 2 aromatic carbocycles. The number of nitrogens with zero attached hydrogens (tertiary/aromatic N) is 2. The maximum absolute atomic E-state index is 12.6. The normalized spacial score (nSPS) is 14.3. The van der Waals surface area contributed by atoms with Gasteiger partial charge in [-0.25, -0.2) is 5.01 Å². The van der Waals surface area contributed by atoms with E-state index in [9.17, 15) is 9.59 Å². The Hall–Kier alpha value is -2.66. The molecule has 2 amide bonds. The number of benzene rings is 2. The summed E-state index contributed by atoms with van der Waals surface area (Å²) in [5.74, 6) is -0.439. The molecule has 0 aliphatic carbocycles. The molecule has 1 aliphatic rings. The first-order valence-electron chi connectivity index (χ1n) is 7.98. The van der Waals surface area contributed by atoms with Crippen LogP contribution in [0, 0.1) is 13.8 Å². The van der Waals surface area contributed by atoms with Crippen molar-refractivity contribution in [3.63, 3.8) is 0 Å². The van der Waals surface area contributed by atoms with Crippen LogP contribution in [0.2, 0.25) is 5.02 Å². The zero-order valence-electron chi connectivity index (χ0n) is 14.0. The van der Waals surface area contributed by atoms with Crippen LogP contribution in [0.25, 0.3) is 0 Å². The number of hydrazone groups is 1. The Balaban J connectivity index is 1.84. The predicted molar refractivity (Wildman–Crippen MR) is 100 cm³/mol. The molecule has 1 heterocycles. The van der Waals surface area contributed by atoms with Gasteiger partial charge in [0.15, 0.2) is 0 Å². The Morgan fingerprint density at radius 1 is 1.12 bits per heavy atom. The lowest BCUT2D eigenvalue weighted by molar-refractivity contribution is -0.118. The molecule has 0 bridgehead atoms. The Morgan fingerprint density at radius 2 is 1.84 bits per heavy atom. The fourth-order valence-corrected chi connectivity index (χ4v) is 2.69. The molecule has 128 valence electrons. The topological polar surface area (TPSA) is 61.8 Å².